The molecule has 4 fully saturated rings. The second-order valence-corrected chi connectivity index (χ2v) is 15.1. The van der Waals surface area contributed by atoms with Gasteiger partial charge in [-0.15, -0.1) is 6.58 Å². The van der Waals surface area contributed by atoms with Crippen molar-refractivity contribution in [2.24, 2.45) is 39.9 Å². The van der Waals surface area contributed by atoms with Crippen LogP contribution in [0.3, 0.4) is 0 Å². The molecule has 3 aliphatic carbocycles. The Morgan fingerprint density at radius 2 is 1.68 bits per heavy atom. The van der Waals surface area contributed by atoms with E-state index in [0.717, 1.165) is 5.56 Å². The van der Waals surface area contributed by atoms with Gasteiger partial charge in [-0.2, -0.15) is 13.2 Å². The fourth-order valence-electron chi connectivity index (χ4n) is 9.39. The molecule has 1 aromatic rings. The van der Waals surface area contributed by atoms with Crippen LogP contribution in [-0.4, -0.2) is 66.2 Å². The van der Waals surface area contributed by atoms with Gasteiger partial charge in [0, 0.05) is 48.1 Å². The number of carbonyl (C=O) groups excluding carboxylic acids is 5. The Bertz CT molecular complexity index is 1490. The molecule has 6 unspecified atom stereocenters. The van der Waals surface area contributed by atoms with Crippen molar-refractivity contribution < 1.29 is 51.4 Å². The van der Waals surface area contributed by atoms with Gasteiger partial charge in [0.1, 0.15) is 24.6 Å². The number of rotatable bonds is 6. The summed E-state index contributed by atoms with van der Waals surface area (Å²) in [5.74, 6) is -5.00. The average Bonchev–Trinajstić information content (AvgIpc) is 3.44. The lowest BCUT2D eigenvalue weighted by Crippen LogP contribution is -2.64. The van der Waals surface area contributed by atoms with Gasteiger partial charge in [0.2, 0.25) is 5.91 Å². The number of nitrogens with one attached hydrogen (secondary N) is 1. The number of nitrogens with zero attached hydrogens (tertiary/aromatic N) is 1. The molecule has 8 atom stereocenters. The van der Waals surface area contributed by atoms with Gasteiger partial charge in [-0.3, -0.25) is 14.9 Å². The number of carbonyl (C=O) groups is 5. The minimum absolute atomic E-state index is 0.0619. The Labute approximate surface area is 290 Å². The molecule has 2 bridgehead atoms. The number of imide groups is 1. The fourth-order valence-corrected chi connectivity index (χ4v) is 9.39. The summed E-state index contributed by atoms with van der Waals surface area (Å²) in [6.07, 6.45) is -5.46. The summed E-state index contributed by atoms with van der Waals surface area (Å²) < 4.78 is 57.4. The second-order valence-electron chi connectivity index (χ2n) is 15.1. The second kappa shape index (κ2) is 14.0. The Kier molecular flexibility index (Phi) is 10.5. The van der Waals surface area contributed by atoms with Gasteiger partial charge in [-0.25, -0.2) is 14.4 Å². The molecule has 1 heterocycles. The molecule has 13 heteroatoms. The molecule has 1 N–H and O–H groups in total. The first-order valence-corrected chi connectivity index (χ1v) is 17.4. The number of amides is 3. The van der Waals surface area contributed by atoms with Crippen molar-refractivity contribution >= 4 is 29.8 Å². The van der Waals surface area contributed by atoms with E-state index < -0.39 is 76.4 Å². The molecule has 10 nitrogen and oxygen atoms in total. The van der Waals surface area contributed by atoms with Crippen molar-refractivity contribution in [3.63, 3.8) is 0 Å². The molecular weight excluding hydrogens is 657 g/mol. The number of ether oxygens (including phenoxy) is 3. The summed E-state index contributed by atoms with van der Waals surface area (Å²) in [7, 11) is 0. The van der Waals surface area contributed by atoms with Gasteiger partial charge in [0.05, 0.1) is 0 Å². The van der Waals surface area contributed by atoms with Crippen LogP contribution in [-0.2, 0) is 35.2 Å². The predicted molar refractivity (Wildman–Crippen MR) is 174 cm³/mol. The highest BCUT2D eigenvalue weighted by Gasteiger charge is 2.69. The van der Waals surface area contributed by atoms with Crippen LogP contribution in [0, 0.1) is 39.9 Å². The van der Waals surface area contributed by atoms with Crippen molar-refractivity contribution in [2.75, 3.05) is 13.1 Å². The maximum atomic E-state index is 13.7. The van der Waals surface area contributed by atoms with E-state index in [9.17, 15) is 37.1 Å². The lowest BCUT2D eigenvalue weighted by Gasteiger charge is -2.62. The summed E-state index contributed by atoms with van der Waals surface area (Å²) in [4.78, 5) is 66.9. The molecule has 1 saturated heterocycles. The summed E-state index contributed by atoms with van der Waals surface area (Å²) >= 11 is 0. The minimum atomic E-state index is -5.24. The third-order valence-corrected chi connectivity index (χ3v) is 12.5. The van der Waals surface area contributed by atoms with Crippen molar-refractivity contribution in [1.82, 2.24) is 10.2 Å². The summed E-state index contributed by atoms with van der Waals surface area (Å²) in [5.41, 5.74) is -2.18. The quantitative estimate of drug-likeness (QED) is 0.195. The lowest BCUT2D eigenvalue weighted by molar-refractivity contribution is -0.229. The van der Waals surface area contributed by atoms with E-state index >= 15 is 0 Å². The zero-order valence-electron chi connectivity index (χ0n) is 29.1. The van der Waals surface area contributed by atoms with E-state index in [1.54, 1.807) is 13.8 Å². The van der Waals surface area contributed by atoms with Crippen molar-refractivity contribution in [3.8, 4) is 0 Å². The molecule has 50 heavy (non-hydrogen) atoms. The highest BCUT2D eigenvalue weighted by Crippen LogP contribution is 2.68. The molecule has 0 aromatic heterocycles. The first kappa shape index (κ1) is 37.4. The fraction of sp³-hybridized carbons (Fsp3) is 0.649. The molecule has 1 aliphatic heterocycles. The number of likely N-dealkylation sites (tertiary alicyclic amines) is 1. The summed E-state index contributed by atoms with van der Waals surface area (Å²) in [6.45, 7) is 11.8. The number of Topliss-reactive ketones (excluding diaryl/α,β-unsaturated/α-hetero) is 1. The van der Waals surface area contributed by atoms with E-state index in [0.29, 0.717) is 19.3 Å². The van der Waals surface area contributed by atoms with E-state index in [1.165, 1.54) is 11.0 Å². The van der Waals surface area contributed by atoms with E-state index in [-0.39, 0.29) is 57.1 Å². The zero-order valence-corrected chi connectivity index (χ0v) is 29.1. The Balaban J connectivity index is 1.32. The van der Waals surface area contributed by atoms with Crippen molar-refractivity contribution in [2.45, 2.75) is 97.6 Å². The first-order chi connectivity index (χ1) is 23.5. The SMILES string of the molecule is C=C[C@]1(C)CC(OC(=O)NC(=O)C2CCN(C(=O)OCc3ccccc3)CC2)C2(C)C(C)CCC3(CCC(=O)C32)C(C)[C@@H]1OC(=O)C(F)(F)F. The number of benzene rings is 1. The molecule has 0 spiro atoms. The van der Waals surface area contributed by atoms with Gasteiger partial charge in [-0.05, 0) is 55.4 Å². The maximum absolute atomic E-state index is 13.7. The van der Waals surface area contributed by atoms with Crippen molar-refractivity contribution in [1.29, 1.82) is 0 Å². The Morgan fingerprint density at radius 3 is 2.30 bits per heavy atom. The molecule has 5 rings (SSSR count). The number of hydrogen-bond acceptors (Lipinski definition) is 8. The molecule has 1 aromatic carbocycles. The topological polar surface area (TPSA) is 128 Å². The van der Waals surface area contributed by atoms with Gasteiger partial charge < -0.3 is 19.1 Å². The van der Waals surface area contributed by atoms with E-state index in [1.807, 2.05) is 44.2 Å². The number of piperidine rings is 1. The summed E-state index contributed by atoms with van der Waals surface area (Å²) in [6, 6.07) is 9.24. The van der Waals surface area contributed by atoms with E-state index in [4.69, 9.17) is 14.2 Å². The number of hydrogen-bond donors (Lipinski definition) is 1. The molecule has 3 amide bonds. The zero-order chi connectivity index (χ0) is 36.6. The molecule has 0 radical (unpaired) electrons. The van der Waals surface area contributed by atoms with Crippen LogP contribution in [0.25, 0.3) is 0 Å². The highest BCUT2D eigenvalue weighted by molar-refractivity contribution is 5.93. The normalized spacial score (nSPS) is 34.4. The number of esters is 1. The van der Waals surface area contributed by atoms with Gasteiger partial charge in [0.15, 0.2) is 0 Å². The van der Waals surface area contributed by atoms with Gasteiger partial charge in [-0.1, -0.05) is 64.1 Å². The van der Waals surface area contributed by atoms with Crippen LogP contribution in [0.4, 0.5) is 22.8 Å². The third-order valence-electron chi connectivity index (χ3n) is 12.5. The Morgan fingerprint density at radius 1 is 1.02 bits per heavy atom. The number of alkyl carbamates (subject to hydrolysis) is 1. The minimum Gasteiger partial charge on any atom is -0.454 e. The van der Waals surface area contributed by atoms with Crippen LogP contribution < -0.4 is 5.32 Å². The number of ketones is 1. The van der Waals surface area contributed by atoms with Crippen LogP contribution in [0.15, 0.2) is 43.0 Å². The molecule has 3 saturated carbocycles. The number of alkyl halides is 3. The maximum Gasteiger partial charge on any atom is 0.490 e. The van der Waals surface area contributed by atoms with Crippen LogP contribution in [0.1, 0.15) is 78.2 Å². The molecule has 4 aliphatic rings. The highest BCUT2D eigenvalue weighted by atomic mass is 19.4. The standard InChI is InChI=1S/C37H47F3N2O8/c1-6-34(4)20-27(49-32(46)41-30(44)25-14-18-42(19-15-25)33(47)48-21-24-10-8-7-9-11-24)35(5)22(2)12-16-36(17-13-26(43)28(35)36)23(3)29(34)50-31(45)37(38,39)40/h6-11,22-23,25,27-29H,1,12-21H2,2-5H3,(H,41,44,46)/t22?,23?,27?,28?,29-,34+,35?,36?/m0/s1. The Hall–Kier alpha value is -3.90. The summed E-state index contributed by atoms with van der Waals surface area (Å²) in [5, 5.41) is 2.34. The molecule has 274 valence electrons. The van der Waals surface area contributed by atoms with Crippen LogP contribution >= 0.6 is 0 Å². The van der Waals surface area contributed by atoms with Crippen molar-refractivity contribution in [3.05, 3.63) is 48.6 Å². The number of halogens is 3. The monoisotopic (exact) mass is 704 g/mol. The smallest absolute Gasteiger partial charge is 0.454 e. The van der Waals surface area contributed by atoms with Crippen LogP contribution in [0.2, 0.25) is 0 Å². The third kappa shape index (κ3) is 6.88. The predicted octanol–water partition coefficient (Wildman–Crippen LogP) is 6.76. The van der Waals surface area contributed by atoms with Crippen LogP contribution in [0.5, 0.6) is 0 Å². The van der Waals surface area contributed by atoms with Gasteiger partial charge >= 0.3 is 24.3 Å². The lowest BCUT2D eigenvalue weighted by atomic mass is 9.44. The molecular formula is C37H47F3N2O8. The van der Waals surface area contributed by atoms with Gasteiger partial charge in [0.25, 0.3) is 0 Å². The largest absolute Gasteiger partial charge is 0.490 e. The first-order valence-electron chi connectivity index (χ1n) is 17.4. The average molecular weight is 705 g/mol. The van der Waals surface area contributed by atoms with E-state index in [2.05, 4.69) is 11.9 Å².